The second kappa shape index (κ2) is 7.34. The predicted octanol–water partition coefficient (Wildman–Crippen LogP) is 2.77. The molecule has 0 saturated heterocycles. The minimum absolute atomic E-state index is 0.167. The number of likely N-dealkylation sites (N-methyl/N-ethyl adjacent to an activating group) is 1. The van der Waals surface area contributed by atoms with Crippen LogP contribution >= 0.6 is 0 Å². The van der Waals surface area contributed by atoms with E-state index in [1.54, 1.807) is 36.4 Å². The normalized spacial score (nSPS) is 10.3. The van der Waals surface area contributed by atoms with Crippen molar-refractivity contribution in [1.29, 1.82) is 5.26 Å². The van der Waals surface area contributed by atoms with Crippen LogP contribution in [0, 0.1) is 17.1 Å². The molecule has 0 unspecified atom stereocenters. The SMILES string of the molecule is CN(CC(=O)Nc1cccc(C#N)c1)Cc1ccc(F)cc1. The summed E-state index contributed by atoms with van der Waals surface area (Å²) in [5.41, 5.74) is 2.03. The second-order valence-electron chi connectivity index (χ2n) is 5.04. The van der Waals surface area contributed by atoms with Gasteiger partial charge in [-0.3, -0.25) is 9.69 Å². The summed E-state index contributed by atoms with van der Waals surface area (Å²) in [6.45, 7) is 0.750. The molecular formula is C17H16FN3O. The van der Waals surface area contributed by atoms with Gasteiger partial charge in [-0.15, -0.1) is 0 Å². The number of nitriles is 1. The molecule has 0 spiro atoms. The van der Waals surface area contributed by atoms with Gasteiger partial charge in [0.15, 0.2) is 0 Å². The summed E-state index contributed by atoms with van der Waals surface area (Å²) in [4.78, 5) is 13.8. The minimum atomic E-state index is -0.276. The summed E-state index contributed by atoms with van der Waals surface area (Å²) in [5.74, 6) is -0.443. The zero-order valence-electron chi connectivity index (χ0n) is 12.2. The number of benzene rings is 2. The summed E-state index contributed by atoms with van der Waals surface area (Å²) in [7, 11) is 1.81. The van der Waals surface area contributed by atoms with E-state index in [1.807, 2.05) is 18.0 Å². The summed E-state index contributed by atoms with van der Waals surface area (Å²) in [5, 5.41) is 11.6. The first-order valence-electron chi connectivity index (χ1n) is 6.80. The van der Waals surface area contributed by atoms with Crippen molar-refractivity contribution in [1.82, 2.24) is 4.90 Å². The lowest BCUT2D eigenvalue weighted by Gasteiger charge is -2.16. The quantitative estimate of drug-likeness (QED) is 0.923. The molecule has 0 aromatic heterocycles. The maximum atomic E-state index is 12.8. The Kier molecular flexibility index (Phi) is 5.23. The smallest absolute Gasteiger partial charge is 0.238 e. The van der Waals surface area contributed by atoms with Crippen LogP contribution in [0.4, 0.5) is 10.1 Å². The number of carbonyl (C=O) groups excluding carboxylic acids is 1. The Hall–Kier alpha value is -2.71. The van der Waals surface area contributed by atoms with Crippen molar-refractivity contribution in [3.63, 3.8) is 0 Å². The molecule has 0 aliphatic heterocycles. The molecule has 1 N–H and O–H groups in total. The Balaban J connectivity index is 1.88. The van der Waals surface area contributed by atoms with E-state index in [4.69, 9.17) is 5.26 Å². The molecule has 0 fully saturated rings. The zero-order chi connectivity index (χ0) is 15.9. The fourth-order valence-corrected chi connectivity index (χ4v) is 2.07. The van der Waals surface area contributed by atoms with Crippen molar-refractivity contribution < 1.29 is 9.18 Å². The van der Waals surface area contributed by atoms with Gasteiger partial charge in [-0.2, -0.15) is 5.26 Å². The van der Waals surface area contributed by atoms with Crippen molar-refractivity contribution in [2.24, 2.45) is 0 Å². The van der Waals surface area contributed by atoms with Crippen LogP contribution in [0.15, 0.2) is 48.5 Å². The lowest BCUT2D eigenvalue weighted by atomic mass is 10.2. The number of amides is 1. The average Bonchev–Trinajstić information content (AvgIpc) is 2.49. The van der Waals surface area contributed by atoms with Gasteiger partial charge >= 0.3 is 0 Å². The van der Waals surface area contributed by atoms with Gasteiger partial charge in [0.05, 0.1) is 18.2 Å². The highest BCUT2D eigenvalue weighted by molar-refractivity contribution is 5.92. The highest BCUT2D eigenvalue weighted by Crippen LogP contribution is 2.10. The number of anilines is 1. The van der Waals surface area contributed by atoms with Gasteiger partial charge in [-0.25, -0.2) is 4.39 Å². The van der Waals surface area contributed by atoms with Crippen molar-refractivity contribution in [2.75, 3.05) is 18.9 Å². The third-order valence-corrected chi connectivity index (χ3v) is 3.05. The Labute approximate surface area is 128 Å². The number of nitrogens with one attached hydrogen (secondary N) is 1. The van der Waals surface area contributed by atoms with E-state index >= 15 is 0 Å². The van der Waals surface area contributed by atoms with Crippen LogP contribution in [-0.4, -0.2) is 24.4 Å². The first-order chi connectivity index (χ1) is 10.6. The molecule has 2 aromatic rings. The zero-order valence-corrected chi connectivity index (χ0v) is 12.2. The Morgan fingerprint density at radius 1 is 1.27 bits per heavy atom. The van der Waals surface area contributed by atoms with E-state index in [0.717, 1.165) is 5.56 Å². The van der Waals surface area contributed by atoms with Crippen molar-refractivity contribution >= 4 is 11.6 Å². The maximum absolute atomic E-state index is 12.8. The molecule has 0 aliphatic carbocycles. The van der Waals surface area contributed by atoms with Crippen molar-refractivity contribution in [3.8, 4) is 6.07 Å². The van der Waals surface area contributed by atoms with Gasteiger partial charge in [0, 0.05) is 12.2 Å². The van der Waals surface area contributed by atoms with Gasteiger partial charge in [0.2, 0.25) is 5.91 Å². The Bertz CT molecular complexity index is 692. The van der Waals surface area contributed by atoms with Crippen molar-refractivity contribution in [2.45, 2.75) is 6.54 Å². The number of rotatable bonds is 5. The summed E-state index contributed by atoms with van der Waals surface area (Å²) in [6.07, 6.45) is 0. The van der Waals surface area contributed by atoms with Crippen LogP contribution in [0.2, 0.25) is 0 Å². The number of hydrogen-bond acceptors (Lipinski definition) is 3. The third kappa shape index (κ3) is 4.69. The molecule has 0 radical (unpaired) electrons. The fourth-order valence-electron chi connectivity index (χ4n) is 2.07. The third-order valence-electron chi connectivity index (χ3n) is 3.05. The van der Waals surface area contributed by atoms with E-state index in [2.05, 4.69) is 5.32 Å². The lowest BCUT2D eigenvalue weighted by Crippen LogP contribution is -2.29. The molecule has 4 nitrogen and oxygen atoms in total. The van der Waals surface area contributed by atoms with Crippen LogP contribution in [0.3, 0.4) is 0 Å². The topological polar surface area (TPSA) is 56.1 Å². The molecule has 22 heavy (non-hydrogen) atoms. The number of hydrogen-bond donors (Lipinski definition) is 1. The van der Waals surface area contributed by atoms with Crippen LogP contribution < -0.4 is 5.32 Å². The Morgan fingerprint density at radius 2 is 2.00 bits per heavy atom. The highest BCUT2D eigenvalue weighted by Gasteiger charge is 2.08. The van der Waals surface area contributed by atoms with Gasteiger partial charge in [0.25, 0.3) is 0 Å². The molecule has 0 atom stereocenters. The van der Waals surface area contributed by atoms with Gasteiger partial charge in [0.1, 0.15) is 5.82 Å². The van der Waals surface area contributed by atoms with Gasteiger partial charge < -0.3 is 5.32 Å². The van der Waals surface area contributed by atoms with Crippen molar-refractivity contribution in [3.05, 3.63) is 65.5 Å². The molecule has 1 amide bonds. The van der Waals surface area contributed by atoms with Crippen LogP contribution in [0.1, 0.15) is 11.1 Å². The standard InChI is InChI=1S/C17H16FN3O/c1-21(11-13-5-7-15(18)8-6-13)12-17(22)20-16-4-2-3-14(9-16)10-19/h2-9H,11-12H2,1H3,(H,20,22). The first-order valence-corrected chi connectivity index (χ1v) is 6.80. The van der Waals surface area contributed by atoms with E-state index in [1.165, 1.54) is 12.1 Å². The summed E-state index contributed by atoms with van der Waals surface area (Å²) < 4.78 is 12.8. The molecule has 2 aromatic carbocycles. The molecule has 0 aliphatic rings. The monoisotopic (exact) mass is 297 g/mol. The van der Waals surface area contributed by atoms with Gasteiger partial charge in [-0.1, -0.05) is 18.2 Å². The van der Waals surface area contributed by atoms with E-state index in [-0.39, 0.29) is 18.3 Å². The Morgan fingerprint density at radius 3 is 2.68 bits per heavy atom. The molecule has 0 heterocycles. The highest BCUT2D eigenvalue weighted by atomic mass is 19.1. The van der Waals surface area contributed by atoms with E-state index in [0.29, 0.717) is 17.8 Å². The molecule has 0 saturated carbocycles. The summed E-state index contributed by atoms with van der Waals surface area (Å²) in [6, 6.07) is 15.0. The number of halogens is 1. The summed E-state index contributed by atoms with van der Waals surface area (Å²) >= 11 is 0. The largest absolute Gasteiger partial charge is 0.325 e. The fraction of sp³-hybridized carbons (Fsp3) is 0.176. The lowest BCUT2D eigenvalue weighted by molar-refractivity contribution is -0.117. The molecular weight excluding hydrogens is 281 g/mol. The van der Waals surface area contributed by atoms with E-state index < -0.39 is 0 Å². The van der Waals surface area contributed by atoms with Gasteiger partial charge in [-0.05, 0) is 42.9 Å². The van der Waals surface area contributed by atoms with E-state index in [9.17, 15) is 9.18 Å². The first kappa shape index (κ1) is 15.7. The maximum Gasteiger partial charge on any atom is 0.238 e. The van der Waals surface area contributed by atoms with Crippen LogP contribution in [0.5, 0.6) is 0 Å². The minimum Gasteiger partial charge on any atom is -0.325 e. The number of nitrogens with zero attached hydrogens (tertiary/aromatic N) is 2. The second-order valence-corrected chi connectivity index (χ2v) is 5.04. The van der Waals surface area contributed by atoms with Crippen LogP contribution in [0.25, 0.3) is 0 Å². The molecule has 5 heteroatoms. The average molecular weight is 297 g/mol. The molecule has 2 rings (SSSR count). The molecule has 0 bridgehead atoms. The molecule has 112 valence electrons. The predicted molar refractivity (Wildman–Crippen MR) is 82.5 cm³/mol. The van der Waals surface area contributed by atoms with Crippen LogP contribution in [-0.2, 0) is 11.3 Å². The number of carbonyl (C=O) groups is 1.